The van der Waals surface area contributed by atoms with Gasteiger partial charge in [0.15, 0.2) is 0 Å². The maximum absolute atomic E-state index is 12.4. The second-order valence-corrected chi connectivity index (χ2v) is 27.7. The van der Waals surface area contributed by atoms with Crippen molar-refractivity contribution in [3.05, 3.63) is 58.7 Å². The summed E-state index contributed by atoms with van der Waals surface area (Å²) in [6.45, 7) is 13.9. The Kier molecular flexibility index (Phi) is 20.6. The number of esters is 2. The number of nitrogens with one attached hydrogen (secondary N) is 2. The Morgan fingerprint density at radius 2 is 1.21 bits per heavy atom. The highest BCUT2D eigenvalue weighted by Gasteiger charge is 2.34. The van der Waals surface area contributed by atoms with E-state index in [-0.39, 0.29) is 36.3 Å². The van der Waals surface area contributed by atoms with Crippen LogP contribution < -0.4 is 15.4 Å². The summed E-state index contributed by atoms with van der Waals surface area (Å²) in [5.41, 5.74) is -0.134. The van der Waals surface area contributed by atoms with E-state index in [0.29, 0.717) is 38.9 Å². The average Bonchev–Trinajstić information content (AvgIpc) is 3.11. The van der Waals surface area contributed by atoms with Crippen LogP contribution in [-0.2, 0) is 33.3 Å². The third kappa shape index (κ3) is 19.6. The number of aliphatic hydroxyl groups excluding tert-OH is 1. The molecule has 3 N–H and O–H groups in total. The van der Waals surface area contributed by atoms with Crippen molar-refractivity contribution in [2.75, 3.05) is 27.4 Å². The molecule has 324 valence electrons. The normalized spacial score (nSPS) is 23.2. The van der Waals surface area contributed by atoms with Crippen molar-refractivity contribution in [1.29, 1.82) is 0 Å². The molecule has 0 heterocycles. The molecule has 1 aromatic carbocycles. The van der Waals surface area contributed by atoms with Crippen molar-refractivity contribution >= 4 is 52.1 Å². The first kappa shape index (κ1) is 49.4. The van der Waals surface area contributed by atoms with E-state index in [1.54, 1.807) is 24.3 Å². The van der Waals surface area contributed by atoms with Gasteiger partial charge in [-0.3, -0.25) is 19.7 Å². The number of amides is 2. The van der Waals surface area contributed by atoms with E-state index in [9.17, 15) is 39.2 Å². The van der Waals surface area contributed by atoms with Crippen LogP contribution in [0.3, 0.4) is 0 Å². The highest BCUT2D eigenvalue weighted by Crippen LogP contribution is 2.25. The Balaban J connectivity index is 0.000000437. The van der Waals surface area contributed by atoms with Gasteiger partial charge in [-0.1, -0.05) is 57.5 Å². The fraction of sp³-hybridized carbons (Fsp3) is 0.615. The van der Waals surface area contributed by atoms with E-state index in [0.717, 1.165) is 12.1 Å². The fourth-order valence-electron chi connectivity index (χ4n) is 5.83. The molecule has 0 aromatic heterocycles. The second kappa shape index (κ2) is 24.2. The van der Waals surface area contributed by atoms with Gasteiger partial charge in [0.2, 0.25) is 0 Å². The van der Waals surface area contributed by atoms with Crippen LogP contribution in [0, 0.1) is 22.0 Å². The van der Waals surface area contributed by atoms with Crippen molar-refractivity contribution in [3.8, 4) is 5.75 Å². The van der Waals surface area contributed by atoms with Gasteiger partial charge in [0.05, 0.1) is 50.3 Å². The van der Waals surface area contributed by atoms with Gasteiger partial charge in [0.1, 0.15) is 11.9 Å². The number of non-ortho nitro benzene ring substituents is 1. The standard InChI is InChI=1S/C23H32N2O9Si.C16H29NO5Si/c1-31-21(26)19-13-12-17(33-23(28)34-18-10-8-16(9-11-18)25(29)30)6-5-7-20(19)24-22(27)32-14-15-35(2,3)4;1-21-15(19)13-9-8-12(18)6-5-7-14(13)17-16(20)22-10-11-23(2,3)4/h5-6,8-11,17,19-20H,7,12-15H2,1-4H3,(H,24,27);5-6,12-14,18H,7-11H2,1-4H3,(H,17,20)/b2*6-5+/t17-,19-,20-;12-,13-,14-/m00/s1. The number of methoxy groups -OCH3 is 2. The van der Waals surface area contributed by atoms with Gasteiger partial charge in [-0.25, -0.2) is 14.4 Å². The van der Waals surface area contributed by atoms with E-state index in [1.807, 2.05) is 0 Å². The van der Waals surface area contributed by atoms with Crippen molar-refractivity contribution < 1.29 is 62.4 Å². The number of ether oxygens (including phenoxy) is 6. The number of hydrogen-bond acceptors (Lipinski definition) is 14. The predicted molar refractivity (Wildman–Crippen MR) is 220 cm³/mol. The van der Waals surface area contributed by atoms with E-state index in [4.69, 9.17) is 28.4 Å². The number of carbonyl (C=O) groups excluding carboxylic acids is 5. The third-order valence-electron chi connectivity index (χ3n) is 9.28. The maximum Gasteiger partial charge on any atom is 0.514 e. The zero-order valence-corrected chi connectivity index (χ0v) is 36.9. The number of rotatable bonds is 13. The first-order valence-electron chi connectivity index (χ1n) is 19.4. The Labute approximate surface area is 342 Å². The quantitative estimate of drug-likeness (QED) is 0.0355. The molecule has 0 saturated carbocycles. The van der Waals surface area contributed by atoms with Gasteiger partial charge in [0, 0.05) is 40.4 Å². The van der Waals surface area contributed by atoms with Gasteiger partial charge in [0.25, 0.3) is 5.69 Å². The molecule has 0 aliphatic heterocycles. The van der Waals surface area contributed by atoms with Crippen LogP contribution in [0.25, 0.3) is 0 Å². The Bertz CT molecular complexity index is 1580. The minimum Gasteiger partial charge on any atom is -0.469 e. The number of nitro benzene ring substituents is 1. The highest BCUT2D eigenvalue weighted by molar-refractivity contribution is 6.76. The van der Waals surface area contributed by atoms with Crippen LogP contribution in [0.15, 0.2) is 48.6 Å². The lowest BCUT2D eigenvalue weighted by atomic mass is 9.88. The van der Waals surface area contributed by atoms with Crippen LogP contribution in [0.1, 0.15) is 38.5 Å². The SMILES string of the molecule is COC(=O)[C@H]1CC[C@@H](O)/C=C/C[C@@H]1NC(=O)OCC[Si](C)(C)C.COC(=O)[C@H]1CC[C@@H](OC(=O)Oc2ccc([N+](=O)[O-])cc2)/C=C/C[C@@H]1NC(=O)OCC[Si](C)(C)C. The molecule has 0 spiro atoms. The maximum atomic E-state index is 12.4. The number of alkyl carbamates (subject to hydrolysis) is 2. The molecule has 0 fully saturated rings. The van der Waals surface area contributed by atoms with Gasteiger partial charge < -0.3 is 44.2 Å². The van der Waals surface area contributed by atoms with Crippen LogP contribution in [0.4, 0.5) is 20.1 Å². The van der Waals surface area contributed by atoms with Crippen LogP contribution in [-0.4, -0.2) is 108 Å². The summed E-state index contributed by atoms with van der Waals surface area (Å²) in [6, 6.07) is 5.82. The second-order valence-electron chi connectivity index (χ2n) is 16.5. The van der Waals surface area contributed by atoms with Crippen molar-refractivity contribution in [2.24, 2.45) is 11.8 Å². The fourth-order valence-corrected chi connectivity index (χ4v) is 7.26. The van der Waals surface area contributed by atoms with E-state index in [2.05, 4.69) is 49.9 Å². The summed E-state index contributed by atoms with van der Waals surface area (Å²) < 4.78 is 30.7. The minimum absolute atomic E-state index is 0.0970. The first-order valence-corrected chi connectivity index (χ1v) is 26.8. The monoisotopic (exact) mass is 851 g/mol. The summed E-state index contributed by atoms with van der Waals surface area (Å²) >= 11 is 0. The lowest BCUT2D eigenvalue weighted by molar-refractivity contribution is -0.384. The van der Waals surface area contributed by atoms with Crippen LogP contribution in [0.5, 0.6) is 5.75 Å². The number of nitro groups is 1. The summed E-state index contributed by atoms with van der Waals surface area (Å²) in [6.07, 6.45) is 5.80. The highest BCUT2D eigenvalue weighted by atomic mass is 28.3. The first-order chi connectivity index (χ1) is 27.2. The molecule has 2 aliphatic rings. The summed E-state index contributed by atoms with van der Waals surface area (Å²) in [7, 11) is -0.000816. The molecule has 0 radical (unpaired) electrons. The van der Waals surface area contributed by atoms with Crippen LogP contribution in [0.2, 0.25) is 51.4 Å². The Morgan fingerprint density at radius 1 is 0.741 bits per heavy atom. The molecule has 0 bridgehead atoms. The van der Waals surface area contributed by atoms with E-state index in [1.165, 1.54) is 38.5 Å². The van der Waals surface area contributed by atoms with Gasteiger partial charge in [-0.05, 0) is 68.8 Å². The van der Waals surface area contributed by atoms with Gasteiger partial charge in [-0.15, -0.1) is 0 Å². The van der Waals surface area contributed by atoms with Gasteiger partial charge in [-0.2, -0.15) is 0 Å². The lowest BCUT2D eigenvalue weighted by Crippen LogP contribution is -2.45. The van der Waals surface area contributed by atoms with E-state index < -0.39 is 75.5 Å². The summed E-state index contributed by atoms with van der Waals surface area (Å²) in [5, 5.41) is 26.0. The Hall–Kier alpha value is -4.76. The molecular weight excluding hydrogens is 791 g/mol. The number of hydrogen-bond donors (Lipinski definition) is 3. The number of carbonyl (C=O) groups is 5. The van der Waals surface area contributed by atoms with Gasteiger partial charge >= 0.3 is 30.3 Å². The Morgan fingerprint density at radius 3 is 1.66 bits per heavy atom. The molecule has 0 saturated heterocycles. The molecule has 2 amide bonds. The lowest BCUT2D eigenvalue weighted by Gasteiger charge is -2.28. The zero-order chi connectivity index (χ0) is 43.5. The topological polar surface area (TPSA) is 228 Å². The van der Waals surface area contributed by atoms with Crippen molar-refractivity contribution in [2.45, 2.75) is 114 Å². The molecule has 19 heteroatoms. The average molecular weight is 852 g/mol. The number of aliphatic hydroxyl groups is 1. The third-order valence-corrected chi connectivity index (χ3v) is 12.7. The molecule has 0 unspecified atom stereocenters. The smallest absolute Gasteiger partial charge is 0.469 e. The molecule has 2 aliphatic carbocycles. The molecule has 17 nitrogen and oxygen atoms in total. The number of nitrogens with zero attached hydrogens (tertiary/aromatic N) is 1. The van der Waals surface area contributed by atoms with Crippen molar-refractivity contribution in [3.63, 3.8) is 0 Å². The van der Waals surface area contributed by atoms with Crippen molar-refractivity contribution in [1.82, 2.24) is 10.6 Å². The molecule has 3 rings (SSSR count). The minimum atomic E-state index is -1.35. The number of benzene rings is 1. The molecule has 58 heavy (non-hydrogen) atoms. The van der Waals surface area contributed by atoms with E-state index >= 15 is 0 Å². The summed E-state index contributed by atoms with van der Waals surface area (Å²) in [5.74, 6) is -1.91. The van der Waals surface area contributed by atoms with Crippen LogP contribution >= 0.6 is 0 Å². The zero-order valence-electron chi connectivity index (χ0n) is 34.9. The summed E-state index contributed by atoms with van der Waals surface area (Å²) in [4.78, 5) is 70.9. The predicted octanol–water partition coefficient (Wildman–Crippen LogP) is 6.75. The molecular formula is C39H61N3O14Si2. The largest absolute Gasteiger partial charge is 0.514 e. The molecule has 6 atom stereocenters. The molecule has 1 aromatic rings.